The van der Waals surface area contributed by atoms with Crippen LogP contribution in [-0.2, 0) is 9.53 Å². The Morgan fingerprint density at radius 3 is 1.81 bits per heavy atom. The Labute approximate surface area is 130 Å². The molecule has 0 aromatic rings. The van der Waals surface area contributed by atoms with E-state index < -0.39 is 0 Å². The van der Waals surface area contributed by atoms with Gasteiger partial charge in [-0.2, -0.15) is 0 Å². The highest BCUT2D eigenvalue weighted by Gasteiger charge is 2.45. The summed E-state index contributed by atoms with van der Waals surface area (Å²) in [6.45, 7) is 13.3. The van der Waals surface area contributed by atoms with Gasteiger partial charge in [0.25, 0.3) is 0 Å². The minimum Gasteiger partial charge on any atom is -0.469 e. The molecule has 2 unspecified atom stereocenters. The Hall–Kier alpha value is -0.570. The number of rotatable bonds is 3. The number of carbonyl (C=O) groups is 1. The second-order valence-corrected chi connectivity index (χ2v) is 8.89. The summed E-state index contributed by atoms with van der Waals surface area (Å²) >= 11 is 0. The zero-order chi connectivity index (χ0) is 16.4. The first-order chi connectivity index (χ1) is 9.46. The van der Waals surface area contributed by atoms with Gasteiger partial charge < -0.3 is 9.84 Å². The zero-order valence-corrected chi connectivity index (χ0v) is 14.9. The van der Waals surface area contributed by atoms with E-state index in [1.165, 1.54) is 7.11 Å². The Kier molecular flexibility index (Phi) is 5.88. The van der Waals surface area contributed by atoms with E-state index in [-0.39, 0.29) is 34.7 Å². The summed E-state index contributed by atoms with van der Waals surface area (Å²) in [4.78, 5) is 11.4. The van der Waals surface area contributed by atoms with Crippen molar-refractivity contribution in [2.75, 3.05) is 7.11 Å². The number of methoxy groups -OCH3 is 1. The molecule has 0 aromatic carbocycles. The predicted molar refractivity (Wildman–Crippen MR) is 85.9 cm³/mol. The van der Waals surface area contributed by atoms with Crippen molar-refractivity contribution < 1.29 is 14.6 Å². The van der Waals surface area contributed by atoms with E-state index in [0.717, 1.165) is 19.3 Å². The molecule has 3 nitrogen and oxygen atoms in total. The standard InChI is InChI=1S/C18H34O3/c1-17(2,3)13-10-12(8-9-15(19)21-7)11-14(16(13)20)18(4,5)6/h12-14,16,20H,8-11H2,1-7H3/t12?,13-,14+,16?. The molecule has 21 heavy (non-hydrogen) atoms. The molecular formula is C18H34O3. The van der Waals surface area contributed by atoms with Crippen molar-refractivity contribution in [3.8, 4) is 0 Å². The van der Waals surface area contributed by atoms with Crippen LogP contribution >= 0.6 is 0 Å². The lowest BCUT2D eigenvalue weighted by molar-refractivity contribution is -0.141. The molecule has 124 valence electrons. The Morgan fingerprint density at radius 1 is 1.05 bits per heavy atom. The average molecular weight is 298 g/mol. The lowest BCUT2D eigenvalue weighted by Crippen LogP contribution is -2.47. The molecule has 1 N–H and O–H groups in total. The Balaban J connectivity index is 2.86. The minimum absolute atomic E-state index is 0.0901. The van der Waals surface area contributed by atoms with Gasteiger partial charge in [-0.15, -0.1) is 0 Å². The first-order valence-electron chi connectivity index (χ1n) is 8.21. The lowest BCUT2D eigenvalue weighted by atomic mass is 9.58. The Bertz CT molecular complexity index is 324. The molecule has 0 amide bonds. The van der Waals surface area contributed by atoms with Crippen molar-refractivity contribution in [3.63, 3.8) is 0 Å². The highest BCUT2D eigenvalue weighted by atomic mass is 16.5. The van der Waals surface area contributed by atoms with Gasteiger partial charge in [-0.25, -0.2) is 0 Å². The molecule has 0 spiro atoms. The quantitative estimate of drug-likeness (QED) is 0.800. The van der Waals surface area contributed by atoms with Gasteiger partial charge in [0.05, 0.1) is 13.2 Å². The summed E-state index contributed by atoms with van der Waals surface area (Å²) in [6, 6.07) is 0. The van der Waals surface area contributed by atoms with Crippen LogP contribution in [0.1, 0.15) is 67.2 Å². The number of esters is 1. The van der Waals surface area contributed by atoms with Gasteiger partial charge >= 0.3 is 5.97 Å². The molecule has 1 rings (SSSR count). The molecular weight excluding hydrogens is 264 g/mol. The number of aliphatic hydroxyl groups excluding tert-OH is 1. The smallest absolute Gasteiger partial charge is 0.305 e. The highest BCUT2D eigenvalue weighted by Crippen LogP contribution is 2.49. The van der Waals surface area contributed by atoms with Gasteiger partial charge in [-0.05, 0) is 47.8 Å². The van der Waals surface area contributed by atoms with Crippen molar-refractivity contribution in [1.29, 1.82) is 0 Å². The van der Waals surface area contributed by atoms with E-state index in [0.29, 0.717) is 12.3 Å². The maximum atomic E-state index is 11.4. The van der Waals surface area contributed by atoms with Gasteiger partial charge in [-0.3, -0.25) is 4.79 Å². The second-order valence-electron chi connectivity index (χ2n) is 8.89. The SMILES string of the molecule is COC(=O)CCC1C[C@@H](C(C)(C)C)C(O)[C@@H](C(C)(C)C)C1. The third-order valence-corrected chi connectivity index (χ3v) is 5.21. The summed E-state index contributed by atoms with van der Waals surface area (Å²) in [5, 5.41) is 10.8. The highest BCUT2D eigenvalue weighted by molar-refractivity contribution is 5.69. The summed E-state index contributed by atoms with van der Waals surface area (Å²) in [5.74, 6) is 0.956. The van der Waals surface area contributed by atoms with Crippen molar-refractivity contribution >= 4 is 5.97 Å². The first kappa shape index (κ1) is 18.5. The fourth-order valence-corrected chi connectivity index (χ4v) is 3.77. The molecule has 0 radical (unpaired) electrons. The van der Waals surface area contributed by atoms with Crippen LogP contribution in [0, 0.1) is 28.6 Å². The van der Waals surface area contributed by atoms with E-state index in [2.05, 4.69) is 41.5 Å². The molecule has 0 bridgehead atoms. The average Bonchev–Trinajstić information content (AvgIpc) is 2.34. The van der Waals surface area contributed by atoms with Crippen LogP contribution in [0.3, 0.4) is 0 Å². The minimum atomic E-state index is -0.251. The third-order valence-electron chi connectivity index (χ3n) is 5.21. The predicted octanol–water partition coefficient (Wildman–Crippen LogP) is 4.04. The lowest BCUT2D eigenvalue weighted by Gasteiger charge is -2.49. The van der Waals surface area contributed by atoms with E-state index >= 15 is 0 Å². The maximum absolute atomic E-state index is 11.4. The van der Waals surface area contributed by atoms with Gasteiger partial charge in [-0.1, -0.05) is 41.5 Å². The van der Waals surface area contributed by atoms with Crippen LogP contribution in [0.2, 0.25) is 0 Å². The number of aliphatic hydroxyl groups is 1. The molecule has 1 aliphatic carbocycles. The fraction of sp³-hybridized carbons (Fsp3) is 0.944. The van der Waals surface area contributed by atoms with Gasteiger partial charge in [0.2, 0.25) is 0 Å². The van der Waals surface area contributed by atoms with E-state index in [9.17, 15) is 9.90 Å². The summed E-state index contributed by atoms with van der Waals surface area (Å²) < 4.78 is 4.76. The molecule has 4 atom stereocenters. The first-order valence-corrected chi connectivity index (χ1v) is 8.21. The molecule has 1 aliphatic rings. The number of ether oxygens (including phenoxy) is 1. The number of hydrogen-bond acceptors (Lipinski definition) is 3. The monoisotopic (exact) mass is 298 g/mol. The number of hydrogen-bond donors (Lipinski definition) is 1. The molecule has 0 aliphatic heterocycles. The van der Waals surface area contributed by atoms with E-state index in [1.54, 1.807) is 0 Å². The van der Waals surface area contributed by atoms with Gasteiger partial charge in [0.15, 0.2) is 0 Å². The van der Waals surface area contributed by atoms with Crippen molar-refractivity contribution in [1.82, 2.24) is 0 Å². The zero-order valence-electron chi connectivity index (χ0n) is 14.9. The largest absolute Gasteiger partial charge is 0.469 e. The second kappa shape index (κ2) is 6.68. The molecule has 0 aromatic heterocycles. The van der Waals surface area contributed by atoms with E-state index in [1.807, 2.05) is 0 Å². The van der Waals surface area contributed by atoms with Crippen LogP contribution in [-0.4, -0.2) is 24.3 Å². The van der Waals surface area contributed by atoms with Crippen molar-refractivity contribution in [3.05, 3.63) is 0 Å². The number of carbonyl (C=O) groups excluding carboxylic acids is 1. The van der Waals surface area contributed by atoms with Crippen LogP contribution in [0.4, 0.5) is 0 Å². The maximum Gasteiger partial charge on any atom is 0.305 e. The Morgan fingerprint density at radius 2 is 1.48 bits per heavy atom. The topological polar surface area (TPSA) is 46.5 Å². The van der Waals surface area contributed by atoms with Crippen molar-refractivity contribution in [2.24, 2.45) is 28.6 Å². The molecule has 0 saturated heterocycles. The summed E-state index contributed by atoms with van der Waals surface area (Å²) in [5.41, 5.74) is 0.180. The van der Waals surface area contributed by atoms with Crippen LogP contribution < -0.4 is 0 Å². The third kappa shape index (κ3) is 4.98. The normalized spacial score (nSPS) is 31.0. The summed E-state index contributed by atoms with van der Waals surface area (Å²) in [6.07, 6.45) is 3.13. The summed E-state index contributed by atoms with van der Waals surface area (Å²) in [7, 11) is 1.45. The van der Waals surface area contributed by atoms with Crippen LogP contribution in [0.5, 0.6) is 0 Å². The molecule has 3 heteroatoms. The van der Waals surface area contributed by atoms with Gasteiger partial charge in [0.1, 0.15) is 0 Å². The van der Waals surface area contributed by atoms with Gasteiger partial charge in [0, 0.05) is 6.42 Å². The van der Waals surface area contributed by atoms with E-state index in [4.69, 9.17) is 4.74 Å². The molecule has 0 heterocycles. The van der Waals surface area contributed by atoms with Crippen LogP contribution in [0.15, 0.2) is 0 Å². The molecule has 1 saturated carbocycles. The fourth-order valence-electron chi connectivity index (χ4n) is 3.77. The van der Waals surface area contributed by atoms with Crippen molar-refractivity contribution in [2.45, 2.75) is 73.3 Å². The molecule has 1 fully saturated rings. The van der Waals surface area contributed by atoms with Crippen LogP contribution in [0.25, 0.3) is 0 Å².